The fourth-order valence-electron chi connectivity index (χ4n) is 4.14. The normalized spacial score (nSPS) is 16.6. The Bertz CT molecular complexity index is 891. The summed E-state index contributed by atoms with van der Waals surface area (Å²) in [5.41, 5.74) is 1.45. The first kappa shape index (κ1) is 21.8. The Labute approximate surface area is 177 Å². The van der Waals surface area contributed by atoms with E-state index in [-0.39, 0.29) is 11.9 Å². The summed E-state index contributed by atoms with van der Waals surface area (Å²) >= 11 is 1.38. The predicted octanol–water partition coefficient (Wildman–Crippen LogP) is 5.32. The molecule has 0 unspecified atom stereocenters. The molecular formula is C23H32N2O3S. The van der Waals surface area contributed by atoms with Crippen LogP contribution in [0.15, 0.2) is 12.3 Å². The van der Waals surface area contributed by atoms with E-state index in [0.717, 1.165) is 34.2 Å². The van der Waals surface area contributed by atoms with E-state index in [1.54, 1.807) is 6.20 Å². The molecule has 1 atom stereocenters. The Hall–Kier alpha value is -1.95. The van der Waals surface area contributed by atoms with Gasteiger partial charge in [0.2, 0.25) is 0 Å². The molecule has 1 aliphatic rings. The largest absolute Gasteiger partial charge is 0.458 e. The summed E-state index contributed by atoms with van der Waals surface area (Å²) in [5, 5.41) is 4.02. The molecule has 0 bridgehead atoms. The second-order valence-corrected chi connectivity index (χ2v) is 10.2. The van der Waals surface area contributed by atoms with Crippen LogP contribution in [0.25, 0.3) is 10.2 Å². The molecule has 2 aromatic heterocycles. The van der Waals surface area contributed by atoms with E-state index >= 15 is 0 Å². The molecule has 2 heterocycles. The monoisotopic (exact) mass is 416 g/mol. The topological polar surface area (TPSA) is 68.3 Å². The van der Waals surface area contributed by atoms with Gasteiger partial charge < -0.3 is 10.1 Å². The number of nitrogens with zero attached hydrogens (tertiary/aromatic N) is 1. The van der Waals surface area contributed by atoms with Crippen molar-refractivity contribution in [3.8, 4) is 0 Å². The first-order chi connectivity index (χ1) is 13.7. The molecule has 0 aliphatic heterocycles. The standard InChI is InChI=1S/C23H32N2O3S/c1-14-11-12-24-21-18(14)15(2)19(29-21)20(26)25-17(22(27)28-23(3,4)5)13-16-9-7-6-8-10-16/h11-12,16-17H,6-10,13H2,1-5H3,(H,25,26)/t17-/m0/s1. The summed E-state index contributed by atoms with van der Waals surface area (Å²) in [4.78, 5) is 31.9. The van der Waals surface area contributed by atoms with Crippen LogP contribution in [0.1, 0.15) is 80.1 Å². The van der Waals surface area contributed by atoms with Crippen molar-refractivity contribution >= 4 is 33.4 Å². The second kappa shape index (κ2) is 8.82. The summed E-state index contributed by atoms with van der Waals surface area (Å²) in [6.45, 7) is 9.54. The van der Waals surface area contributed by atoms with Crippen molar-refractivity contribution in [3.63, 3.8) is 0 Å². The Balaban J connectivity index is 1.82. The van der Waals surface area contributed by atoms with Gasteiger partial charge in [0, 0.05) is 11.6 Å². The second-order valence-electron chi connectivity index (χ2n) is 9.16. The lowest BCUT2D eigenvalue weighted by Crippen LogP contribution is -2.45. The fraction of sp³-hybridized carbons (Fsp3) is 0.609. The number of esters is 1. The van der Waals surface area contributed by atoms with E-state index in [9.17, 15) is 9.59 Å². The number of carbonyl (C=O) groups is 2. The molecule has 0 saturated heterocycles. The van der Waals surface area contributed by atoms with Gasteiger partial charge in [0.1, 0.15) is 16.5 Å². The molecule has 1 N–H and O–H groups in total. The van der Waals surface area contributed by atoms with E-state index in [2.05, 4.69) is 10.3 Å². The number of amides is 1. The third-order valence-electron chi connectivity index (χ3n) is 5.54. The van der Waals surface area contributed by atoms with E-state index in [0.29, 0.717) is 17.2 Å². The minimum absolute atomic E-state index is 0.212. The molecule has 5 nitrogen and oxygen atoms in total. The van der Waals surface area contributed by atoms with Gasteiger partial charge in [-0.05, 0) is 64.2 Å². The van der Waals surface area contributed by atoms with Crippen molar-refractivity contribution in [2.75, 3.05) is 0 Å². The summed E-state index contributed by atoms with van der Waals surface area (Å²) in [7, 11) is 0. The lowest BCUT2D eigenvalue weighted by Gasteiger charge is -2.28. The number of thiophene rings is 1. The van der Waals surface area contributed by atoms with Crippen LogP contribution in [0.3, 0.4) is 0 Å². The van der Waals surface area contributed by atoms with Gasteiger partial charge in [-0.3, -0.25) is 4.79 Å². The third kappa shape index (κ3) is 5.35. The Morgan fingerprint density at radius 3 is 2.55 bits per heavy atom. The van der Waals surface area contributed by atoms with Gasteiger partial charge in [0.25, 0.3) is 5.91 Å². The van der Waals surface area contributed by atoms with Crippen LogP contribution in [-0.2, 0) is 9.53 Å². The Morgan fingerprint density at radius 2 is 1.93 bits per heavy atom. The number of fused-ring (bicyclic) bond motifs is 1. The van der Waals surface area contributed by atoms with E-state index < -0.39 is 11.6 Å². The van der Waals surface area contributed by atoms with Gasteiger partial charge in [0.15, 0.2) is 0 Å². The minimum Gasteiger partial charge on any atom is -0.458 e. The lowest BCUT2D eigenvalue weighted by molar-refractivity contribution is -0.157. The fourth-order valence-corrected chi connectivity index (χ4v) is 5.27. The van der Waals surface area contributed by atoms with Crippen LogP contribution < -0.4 is 5.32 Å². The average molecular weight is 417 g/mol. The van der Waals surface area contributed by atoms with Crippen LogP contribution in [0.4, 0.5) is 0 Å². The molecule has 2 aromatic rings. The van der Waals surface area contributed by atoms with E-state index in [1.165, 1.54) is 30.6 Å². The van der Waals surface area contributed by atoms with Crippen molar-refractivity contribution in [1.29, 1.82) is 0 Å². The Morgan fingerprint density at radius 1 is 1.24 bits per heavy atom. The van der Waals surface area contributed by atoms with Crippen molar-refractivity contribution in [1.82, 2.24) is 10.3 Å². The molecule has 0 aromatic carbocycles. The number of aryl methyl sites for hydroxylation is 2. The quantitative estimate of drug-likeness (QED) is 0.670. The number of pyridine rings is 1. The van der Waals surface area contributed by atoms with Crippen molar-refractivity contribution in [2.24, 2.45) is 5.92 Å². The first-order valence-electron chi connectivity index (χ1n) is 10.5. The molecule has 1 amide bonds. The third-order valence-corrected chi connectivity index (χ3v) is 6.73. The van der Waals surface area contributed by atoms with Crippen molar-refractivity contribution in [3.05, 3.63) is 28.3 Å². The summed E-state index contributed by atoms with van der Waals surface area (Å²) in [6, 6.07) is 1.33. The van der Waals surface area contributed by atoms with Gasteiger partial charge >= 0.3 is 5.97 Å². The number of aromatic nitrogens is 1. The highest BCUT2D eigenvalue weighted by molar-refractivity contribution is 7.20. The van der Waals surface area contributed by atoms with E-state index in [1.807, 2.05) is 40.7 Å². The zero-order valence-corrected chi connectivity index (χ0v) is 18.9. The molecule has 1 fully saturated rings. The molecule has 158 valence electrons. The van der Waals surface area contributed by atoms with Gasteiger partial charge in [-0.25, -0.2) is 9.78 Å². The molecule has 0 spiro atoms. The average Bonchev–Trinajstić information content (AvgIpc) is 2.98. The zero-order chi connectivity index (χ0) is 21.2. The maximum absolute atomic E-state index is 13.1. The van der Waals surface area contributed by atoms with Gasteiger partial charge in [0.05, 0.1) is 4.88 Å². The number of hydrogen-bond donors (Lipinski definition) is 1. The van der Waals surface area contributed by atoms with Gasteiger partial charge in [-0.1, -0.05) is 32.1 Å². The van der Waals surface area contributed by atoms with Crippen LogP contribution in [0.5, 0.6) is 0 Å². The highest BCUT2D eigenvalue weighted by atomic mass is 32.1. The van der Waals surface area contributed by atoms with Crippen molar-refractivity contribution < 1.29 is 14.3 Å². The van der Waals surface area contributed by atoms with Gasteiger partial charge in [-0.15, -0.1) is 11.3 Å². The van der Waals surface area contributed by atoms with Crippen LogP contribution in [-0.4, -0.2) is 28.5 Å². The Kier molecular flexibility index (Phi) is 6.62. The minimum atomic E-state index is -0.622. The van der Waals surface area contributed by atoms with Crippen LogP contribution >= 0.6 is 11.3 Å². The van der Waals surface area contributed by atoms with Crippen LogP contribution in [0.2, 0.25) is 0 Å². The van der Waals surface area contributed by atoms with Crippen LogP contribution in [0, 0.1) is 19.8 Å². The molecule has 3 rings (SSSR count). The summed E-state index contributed by atoms with van der Waals surface area (Å²) < 4.78 is 5.62. The molecule has 0 radical (unpaired) electrons. The highest BCUT2D eigenvalue weighted by Gasteiger charge is 2.31. The number of ether oxygens (including phenoxy) is 1. The number of rotatable bonds is 5. The zero-order valence-electron chi connectivity index (χ0n) is 18.1. The first-order valence-corrected chi connectivity index (χ1v) is 11.4. The number of carbonyl (C=O) groups excluding carboxylic acids is 2. The molecule has 1 saturated carbocycles. The maximum Gasteiger partial charge on any atom is 0.329 e. The lowest BCUT2D eigenvalue weighted by atomic mass is 9.84. The molecule has 29 heavy (non-hydrogen) atoms. The van der Waals surface area contributed by atoms with Crippen molar-refractivity contribution in [2.45, 2.75) is 84.8 Å². The highest BCUT2D eigenvalue weighted by Crippen LogP contribution is 2.32. The number of hydrogen-bond acceptors (Lipinski definition) is 5. The van der Waals surface area contributed by atoms with E-state index in [4.69, 9.17) is 4.74 Å². The maximum atomic E-state index is 13.1. The SMILES string of the molecule is Cc1ccnc2sc(C(=O)N[C@@H](CC3CCCCC3)C(=O)OC(C)(C)C)c(C)c12. The molecular weight excluding hydrogens is 384 g/mol. The smallest absolute Gasteiger partial charge is 0.329 e. The molecule has 1 aliphatic carbocycles. The summed E-state index contributed by atoms with van der Waals surface area (Å²) in [6.07, 6.45) is 8.28. The van der Waals surface area contributed by atoms with Gasteiger partial charge in [-0.2, -0.15) is 0 Å². The summed E-state index contributed by atoms with van der Waals surface area (Å²) in [5.74, 6) is -0.102. The predicted molar refractivity (Wildman–Crippen MR) is 117 cm³/mol. The number of nitrogens with one attached hydrogen (secondary N) is 1. The molecule has 6 heteroatoms.